The molecule has 2 heterocycles. The van der Waals surface area contributed by atoms with E-state index in [2.05, 4.69) is 15.7 Å². The van der Waals surface area contributed by atoms with E-state index in [0.717, 1.165) is 28.8 Å². The molecule has 0 saturated heterocycles. The van der Waals surface area contributed by atoms with Crippen LogP contribution in [0.4, 0.5) is 24.7 Å². The highest BCUT2D eigenvalue weighted by Gasteiger charge is 2.35. The van der Waals surface area contributed by atoms with E-state index < -0.39 is 29.6 Å². The standard InChI is InChI=1S/C21H17F3N4O2/c1-12-5-7-13(8-6-12)16-11-25-28-17(20(30)27-19(16)28)10-18(29)26-15-4-2-3-14(9-15)21(22,23)24/h2-9,11,17H,10H2,1H3,(H,26,29)(H,27,30). The van der Waals surface area contributed by atoms with Gasteiger partial charge in [-0.3, -0.25) is 9.59 Å². The largest absolute Gasteiger partial charge is 0.416 e. The molecule has 0 aliphatic carbocycles. The molecule has 1 aliphatic heterocycles. The van der Waals surface area contributed by atoms with Crippen molar-refractivity contribution in [2.45, 2.75) is 25.6 Å². The van der Waals surface area contributed by atoms with E-state index in [-0.39, 0.29) is 12.1 Å². The Kier molecular flexibility index (Phi) is 4.81. The summed E-state index contributed by atoms with van der Waals surface area (Å²) in [5.41, 5.74) is 1.83. The van der Waals surface area contributed by atoms with Crippen LogP contribution in [-0.4, -0.2) is 21.6 Å². The summed E-state index contributed by atoms with van der Waals surface area (Å²) in [6.45, 7) is 1.97. The van der Waals surface area contributed by atoms with Gasteiger partial charge in [0.15, 0.2) is 0 Å². The highest BCUT2D eigenvalue weighted by atomic mass is 19.4. The zero-order valence-electron chi connectivity index (χ0n) is 15.8. The van der Waals surface area contributed by atoms with Crippen LogP contribution >= 0.6 is 0 Å². The highest BCUT2D eigenvalue weighted by Crippen LogP contribution is 2.36. The van der Waals surface area contributed by atoms with Gasteiger partial charge in [0.25, 0.3) is 5.91 Å². The lowest BCUT2D eigenvalue weighted by atomic mass is 10.1. The van der Waals surface area contributed by atoms with Crippen LogP contribution in [0.2, 0.25) is 0 Å². The van der Waals surface area contributed by atoms with Crippen LogP contribution in [-0.2, 0) is 15.8 Å². The average Bonchev–Trinajstić information content (AvgIpc) is 3.22. The molecule has 0 spiro atoms. The maximum atomic E-state index is 12.8. The number of halogens is 3. The maximum absolute atomic E-state index is 12.8. The van der Waals surface area contributed by atoms with E-state index >= 15 is 0 Å². The van der Waals surface area contributed by atoms with E-state index in [0.29, 0.717) is 5.82 Å². The number of amides is 2. The molecule has 0 radical (unpaired) electrons. The molecule has 30 heavy (non-hydrogen) atoms. The number of hydrogen-bond donors (Lipinski definition) is 2. The van der Waals surface area contributed by atoms with Crippen LogP contribution in [0.5, 0.6) is 0 Å². The van der Waals surface area contributed by atoms with Gasteiger partial charge in [0.2, 0.25) is 5.91 Å². The van der Waals surface area contributed by atoms with E-state index in [1.54, 1.807) is 6.20 Å². The third-order valence-corrected chi connectivity index (χ3v) is 4.85. The van der Waals surface area contributed by atoms with Gasteiger partial charge in [-0.15, -0.1) is 0 Å². The third kappa shape index (κ3) is 3.78. The molecule has 4 rings (SSSR count). The SMILES string of the molecule is Cc1ccc(-c2cnn3c2NC(=O)C3CC(=O)Nc2cccc(C(F)(F)F)c2)cc1. The fourth-order valence-corrected chi connectivity index (χ4v) is 3.32. The zero-order valence-corrected chi connectivity index (χ0v) is 15.8. The van der Waals surface area contributed by atoms with Crippen LogP contribution in [0, 0.1) is 6.92 Å². The minimum absolute atomic E-state index is 0.00858. The van der Waals surface area contributed by atoms with E-state index in [1.807, 2.05) is 31.2 Å². The molecule has 1 aliphatic rings. The summed E-state index contributed by atoms with van der Waals surface area (Å²) in [7, 11) is 0. The molecule has 2 aromatic carbocycles. The van der Waals surface area contributed by atoms with Crippen molar-refractivity contribution in [2.24, 2.45) is 0 Å². The number of alkyl halides is 3. The van der Waals surface area contributed by atoms with Gasteiger partial charge in [-0.2, -0.15) is 18.3 Å². The Morgan fingerprint density at radius 2 is 1.93 bits per heavy atom. The summed E-state index contributed by atoms with van der Waals surface area (Å²) in [5.74, 6) is -0.499. The number of benzene rings is 2. The first kappa shape index (κ1) is 19.7. The predicted octanol–water partition coefficient (Wildman–Crippen LogP) is 4.40. The van der Waals surface area contributed by atoms with Crippen molar-refractivity contribution >= 4 is 23.3 Å². The summed E-state index contributed by atoms with van der Waals surface area (Å²) in [6.07, 6.45) is -3.16. The van der Waals surface area contributed by atoms with Crippen molar-refractivity contribution in [1.29, 1.82) is 0 Å². The lowest BCUT2D eigenvalue weighted by Gasteiger charge is -2.12. The van der Waals surface area contributed by atoms with Crippen LogP contribution in [0.1, 0.15) is 23.6 Å². The second-order valence-electron chi connectivity index (χ2n) is 7.05. The van der Waals surface area contributed by atoms with Crippen LogP contribution in [0.25, 0.3) is 11.1 Å². The number of rotatable bonds is 4. The Morgan fingerprint density at radius 3 is 2.63 bits per heavy atom. The van der Waals surface area contributed by atoms with Crippen LogP contribution < -0.4 is 10.6 Å². The fourth-order valence-electron chi connectivity index (χ4n) is 3.32. The summed E-state index contributed by atoms with van der Waals surface area (Å²) < 4.78 is 39.9. The van der Waals surface area contributed by atoms with Crippen molar-refractivity contribution in [3.8, 4) is 11.1 Å². The van der Waals surface area contributed by atoms with Crippen molar-refractivity contribution < 1.29 is 22.8 Å². The Labute approximate surface area is 169 Å². The Hall–Kier alpha value is -3.62. The molecule has 9 heteroatoms. The quantitative estimate of drug-likeness (QED) is 0.665. The van der Waals surface area contributed by atoms with Gasteiger partial charge in [-0.05, 0) is 30.7 Å². The van der Waals surface area contributed by atoms with Crippen LogP contribution in [0.3, 0.4) is 0 Å². The molecular weight excluding hydrogens is 397 g/mol. The highest BCUT2D eigenvalue weighted by molar-refractivity contribution is 6.04. The Morgan fingerprint density at radius 1 is 1.20 bits per heavy atom. The lowest BCUT2D eigenvalue weighted by molar-refractivity contribution is -0.137. The first-order chi connectivity index (χ1) is 14.2. The van der Waals surface area contributed by atoms with E-state index in [9.17, 15) is 22.8 Å². The predicted molar refractivity (Wildman–Crippen MR) is 105 cm³/mol. The number of nitrogens with zero attached hydrogens (tertiary/aromatic N) is 2. The second-order valence-corrected chi connectivity index (χ2v) is 7.05. The van der Waals surface area contributed by atoms with Gasteiger partial charge in [0, 0.05) is 11.3 Å². The third-order valence-electron chi connectivity index (χ3n) is 4.85. The fraction of sp³-hybridized carbons (Fsp3) is 0.190. The molecule has 6 nitrogen and oxygen atoms in total. The number of aryl methyl sites for hydroxylation is 1. The second kappa shape index (κ2) is 7.33. The number of anilines is 2. The van der Waals surface area contributed by atoms with Crippen LogP contribution in [0.15, 0.2) is 54.7 Å². The summed E-state index contributed by atoms with van der Waals surface area (Å²) in [4.78, 5) is 24.8. The monoisotopic (exact) mass is 414 g/mol. The Balaban J connectivity index is 1.51. The first-order valence-corrected chi connectivity index (χ1v) is 9.15. The number of carbonyl (C=O) groups excluding carboxylic acids is 2. The van der Waals surface area contributed by atoms with Gasteiger partial charge in [-0.1, -0.05) is 35.9 Å². The van der Waals surface area contributed by atoms with Gasteiger partial charge in [0.05, 0.1) is 18.2 Å². The van der Waals surface area contributed by atoms with E-state index in [1.165, 1.54) is 16.8 Å². The van der Waals surface area contributed by atoms with Gasteiger partial charge >= 0.3 is 6.18 Å². The summed E-state index contributed by atoms with van der Waals surface area (Å²) >= 11 is 0. The topological polar surface area (TPSA) is 76.0 Å². The number of hydrogen-bond acceptors (Lipinski definition) is 3. The molecular formula is C21H17F3N4O2. The molecule has 154 valence electrons. The lowest BCUT2D eigenvalue weighted by Crippen LogP contribution is -2.23. The van der Waals surface area contributed by atoms with Gasteiger partial charge in [-0.25, -0.2) is 4.68 Å². The first-order valence-electron chi connectivity index (χ1n) is 9.15. The molecule has 3 aromatic rings. The van der Waals surface area contributed by atoms with Crippen molar-refractivity contribution in [1.82, 2.24) is 9.78 Å². The zero-order chi connectivity index (χ0) is 21.5. The Bertz CT molecular complexity index is 1120. The average molecular weight is 414 g/mol. The van der Waals surface area contributed by atoms with Crippen molar-refractivity contribution in [3.05, 3.63) is 65.9 Å². The van der Waals surface area contributed by atoms with Gasteiger partial charge in [0.1, 0.15) is 11.9 Å². The molecule has 2 N–H and O–H groups in total. The maximum Gasteiger partial charge on any atom is 0.416 e. The molecule has 0 bridgehead atoms. The smallest absolute Gasteiger partial charge is 0.326 e. The summed E-state index contributed by atoms with van der Waals surface area (Å²) in [5, 5.41) is 9.40. The van der Waals surface area contributed by atoms with Crippen molar-refractivity contribution in [3.63, 3.8) is 0 Å². The molecule has 1 aromatic heterocycles. The normalized spacial score (nSPS) is 15.6. The number of carbonyl (C=O) groups is 2. The molecule has 0 fully saturated rings. The minimum atomic E-state index is -4.51. The number of fused-ring (bicyclic) bond motifs is 1. The summed E-state index contributed by atoms with van der Waals surface area (Å²) in [6, 6.07) is 11.2. The minimum Gasteiger partial charge on any atom is -0.326 e. The van der Waals surface area contributed by atoms with Gasteiger partial charge < -0.3 is 10.6 Å². The number of aromatic nitrogens is 2. The molecule has 1 atom stereocenters. The molecule has 0 saturated carbocycles. The molecule has 2 amide bonds. The number of nitrogens with one attached hydrogen (secondary N) is 2. The molecule has 1 unspecified atom stereocenters. The van der Waals surface area contributed by atoms with E-state index in [4.69, 9.17) is 0 Å². The van der Waals surface area contributed by atoms with Crippen molar-refractivity contribution in [2.75, 3.05) is 10.6 Å².